The summed E-state index contributed by atoms with van der Waals surface area (Å²) in [5.74, 6) is -0.752. The molecule has 4 nitrogen and oxygen atoms in total. The third kappa shape index (κ3) is 2.64. The highest BCUT2D eigenvalue weighted by Gasteiger charge is 2.28. The lowest BCUT2D eigenvalue weighted by Crippen LogP contribution is -2.35. The van der Waals surface area contributed by atoms with Gasteiger partial charge in [0.05, 0.1) is 0 Å². The van der Waals surface area contributed by atoms with E-state index in [1.807, 2.05) is 13.0 Å². The normalized spacial score (nSPS) is 17.3. The topological polar surface area (TPSA) is 63.4 Å². The zero-order valence-corrected chi connectivity index (χ0v) is 11.8. The lowest BCUT2D eigenvalue weighted by atomic mass is 10.1. The van der Waals surface area contributed by atoms with Gasteiger partial charge in [-0.3, -0.25) is 0 Å². The summed E-state index contributed by atoms with van der Waals surface area (Å²) in [5.41, 5.74) is 7.64. The van der Waals surface area contributed by atoms with Crippen LogP contribution < -0.4 is 5.73 Å². The molecule has 2 N–H and O–H groups in total. The number of sulfonamides is 1. The number of hydrogen-bond acceptors (Lipinski definition) is 3. The van der Waals surface area contributed by atoms with Crippen molar-refractivity contribution in [3.8, 4) is 0 Å². The van der Waals surface area contributed by atoms with Crippen LogP contribution in [-0.4, -0.2) is 25.8 Å². The zero-order chi connectivity index (χ0) is 14.2. The summed E-state index contributed by atoms with van der Waals surface area (Å²) in [6.45, 7) is 4.25. The number of nitrogens with zero attached hydrogens (tertiary/aromatic N) is 1. The molecule has 0 bridgehead atoms. The van der Waals surface area contributed by atoms with Gasteiger partial charge in [0.15, 0.2) is 0 Å². The highest BCUT2D eigenvalue weighted by atomic mass is 32.2. The molecule has 0 amide bonds. The SMILES string of the molecule is CC1=CCN(S(=O)(=O)c2cc(N)c(C)cc2F)CC1. The molecule has 0 radical (unpaired) electrons. The second-order valence-electron chi connectivity index (χ2n) is 4.80. The maximum atomic E-state index is 13.9. The van der Waals surface area contributed by atoms with Crippen LogP contribution in [0.15, 0.2) is 28.7 Å². The molecule has 0 fully saturated rings. The Kier molecular flexibility index (Phi) is 3.64. The van der Waals surface area contributed by atoms with Crippen molar-refractivity contribution < 1.29 is 12.8 Å². The van der Waals surface area contributed by atoms with Gasteiger partial charge >= 0.3 is 0 Å². The van der Waals surface area contributed by atoms with Crippen molar-refractivity contribution in [2.45, 2.75) is 25.2 Å². The number of rotatable bonds is 2. The molecule has 0 atom stereocenters. The number of halogens is 1. The second kappa shape index (κ2) is 4.94. The van der Waals surface area contributed by atoms with Crippen LogP contribution in [0.1, 0.15) is 18.9 Å². The van der Waals surface area contributed by atoms with Gasteiger partial charge in [-0.25, -0.2) is 12.8 Å². The number of hydrogen-bond donors (Lipinski definition) is 1. The largest absolute Gasteiger partial charge is 0.398 e. The van der Waals surface area contributed by atoms with E-state index in [0.29, 0.717) is 18.5 Å². The fourth-order valence-corrected chi connectivity index (χ4v) is 3.44. The van der Waals surface area contributed by atoms with Gasteiger partial charge in [-0.15, -0.1) is 0 Å². The third-order valence-electron chi connectivity index (χ3n) is 3.34. The van der Waals surface area contributed by atoms with Gasteiger partial charge in [-0.2, -0.15) is 4.31 Å². The summed E-state index contributed by atoms with van der Waals surface area (Å²) >= 11 is 0. The standard InChI is InChI=1S/C13H17FN2O2S/c1-9-3-5-16(6-4-9)19(17,18)13-8-12(15)10(2)7-11(13)14/h3,7-8H,4-6,15H2,1-2H3. The van der Waals surface area contributed by atoms with E-state index in [1.54, 1.807) is 6.92 Å². The predicted molar refractivity (Wildman–Crippen MR) is 72.7 cm³/mol. The first-order chi connectivity index (χ1) is 8.82. The molecule has 1 heterocycles. The van der Waals surface area contributed by atoms with Crippen molar-refractivity contribution in [1.29, 1.82) is 0 Å². The van der Waals surface area contributed by atoms with E-state index in [4.69, 9.17) is 5.73 Å². The van der Waals surface area contributed by atoms with Crippen molar-refractivity contribution >= 4 is 15.7 Å². The van der Waals surface area contributed by atoms with E-state index in [-0.39, 0.29) is 17.1 Å². The highest BCUT2D eigenvalue weighted by molar-refractivity contribution is 7.89. The van der Waals surface area contributed by atoms with Crippen LogP contribution in [-0.2, 0) is 10.0 Å². The summed E-state index contributed by atoms with van der Waals surface area (Å²) < 4.78 is 39.9. The van der Waals surface area contributed by atoms with Crippen LogP contribution in [0.25, 0.3) is 0 Å². The Hall–Kier alpha value is -1.40. The van der Waals surface area contributed by atoms with Gasteiger partial charge < -0.3 is 5.73 Å². The Balaban J connectivity index is 2.43. The molecule has 0 saturated heterocycles. The Morgan fingerprint density at radius 2 is 2.00 bits per heavy atom. The minimum absolute atomic E-state index is 0.279. The summed E-state index contributed by atoms with van der Waals surface area (Å²) in [5, 5.41) is 0. The van der Waals surface area contributed by atoms with Crippen LogP contribution in [0.5, 0.6) is 0 Å². The van der Waals surface area contributed by atoms with E-state index in [9.17, 15) is 12.8 Å². The minimum atomic E-state index is -3.82. The smallest absolute Gasteiger partial charge is 0.246 e. The first-order valence-electron chi connectivity index (χ1n) is 6.04. The molecule has 0 aromatic heterocycles. The van der Waals surface area contributed by atoms with Crippen molar-refractivity contribution in [3.63, 3.8) is 0 Å². The van der Waals surface area contributed by atoms with Gasteiger partial charge in [-0.05, 0) is 38.0 Å². The molecule has 0 unspecified atom stereocenters. The summed E-state index contributed by atoms with van der Waals surface area (Å²) in [7, 11) is -3.82. The van der Waals surface area contributed by atoms with Gasteiger partial charge in [0, 0.05) is 18.8 Å². The molecule has 6 heteroatoms. The Labute approximate surface area is 112 Å². The van der Waals surface area contributed by atoms with Crippen LogP contribution in [0.3, 0.4) is 0 Å². The molecule has 0 aliphatic carbocycles. The van der Waals surface area contributed by atoms with E-state index in [0.717, 1.165) is 11.6 Å². The van der Waals surface area contributed by atoms with Gasteiger partial charge in [-0.1, -0.05) is 11.6 Å². The first-order valence-corrected chi connectivity index (χ1v) is 7.48. The maximum Gasteiger partial charge on any atom is 0.246 e. The van der Waals surface area contributed by atoms with Crippen molar-refractivity contribution in [2.24, 2.45) is 0 Å². The van der Waals surface area contributed by atoms with Crippen LogP contribution in [0.4, 0.5) is 10.1 Å². The fraction of sp³-hybridized carbons (Fsp3) is 0.385. The minimum Gasteiger partial charge on any atom is -0.398 e. The van der Waals surface area contributed by atoms with E-state index in [1.165, 1.54) is 10.4 Å². The van der Waals surface area contributed by atoms with Gasteiger partial charge in [0.25, 0.3) is 0 Å². The lowest BCUT2D eigenvalue weighted by Gasteiger charge is -2.25. The molecule has 1 aliphatic heterocycles. The fourth-order valence-electron chi connectivity index (χ4n) is 1.98. The molecule has 0 saturated carbocycles. The molecule has 104 valence electrons. The second-order valence-corrected chi connectivity index (χ2v) is 6.71. The third-order valence-corrected chi connectivity index (χ3v) is 5.22. The van der Waals surface area contributed by atoms with E-state index in [2.05, 4.69) is 0 Å². The highest BCUT2D eigenvalue weighted by Crippen LogP contribution is 2.26. The molecule has 1 aromatic rings. The molecular formula is C13H17FN2O2S. The summed E-state index contributed by atoms with van der Waals surface area (Å²) in [6.07, 6.45) is 2.51. The molecular weight excluding hydrogens is 267 g/mol. The van der Waals surface area contributed by atoms with Crippen LogP contribution >= 0.6 is 0 Å². The van der Waals surface area contributed by atoms with E-state index < -0.39 is 15.8 Å². The predicted octanol–water partition coefficient (Wildman–Crippen LogP) is 2.06. The lowest BCUT2D eigenvalue weighted by molar-refractivity contribution is 0.427. The van der Waals surface area contributed by atoms with E-state index >= 15 is 0 Å². The van der Waals surface area contributed by atoms with Gasteiger partial charge in [0.1, 0.15) is 10.7 Å². The maximum absolute atomic E-state index is 13.9. The number of benzene rings is 1. The Morgan fingerprint density at radius 3 is 2.58 bits per heavy atom. The molecule has 1 aromatic carbocycles. The number of anilines is 1. The summed E-state index contributed by atoms with van der Waals surface area (Å²) in [4.78, 5) is -0.344. The number of nitrogens with two attached hydrogens (primary N) is 1. The number of nitrogen functional groups attached to an aromatic ring is 1. The van der Waals surface area contributed by atoms with Crippen LogP contribution in [0.2, 0.25) is 0 Å². The average Bonchev–Trinajstić information content (AvgIpc) is 2.34. The van der Waals surface area contributed by atoms with Gasteiger partial charge in [0.2, 0.25) is 10.0 Å². The van der Waals surface area contributed by atoms with Crippen LogP contribution in [0, 0.1) is 12.7 Å². The zero-order valence-electron chi connectivity index (χ0n) is 11.0. The average molecular weight is 284 g/mol. The van der Waals surface area contributed by atoms with Crippen molar-refractivity contribution in [2.75, 3.05) is 18.8 Å². The molecule has 2 rings (SSSR count). The Bertz CT molecular complexity index is 638. The quantitative estimate of drug-likeness (QED) is 0.668. The molecule has 1 aliphatic rings. The monoisotopic (exact) mass is 284 g/mol. The first kappa shape index (κ1) is 14.0. The Morgan fingerprint density at radius 1 is 1.32 bits per heavy atom. The number of aryl methyl sites for hydroxylation is 1. The molecule has 19 heavy (non-hydrogen) atoms. The molecule has 0 spiro atoms. The van der Waals surface area contributed by atoms with Crippen molar-refractivity contribution in [1.82, 2.24) is 4.31 Å². The summed E-state index contributed by atoms with van der Waals surface area (Å²) in [6, 6.07) is 2.36. The van der Waals surface area contributed by atoms with Crippen molar-refractivity contribution in [3.05, 3.63) is 35.2 Å².